The van der Waals surface area contributed by atoms with Gasteiger partial charge < -0.3 is 25.6 Å². The van der Waals surface area contributed by atoms with Gasteiger partial charge >= 0.3 is 0 Å². The molecule has 12 unspecified atom stereocenters. The molecule has 0 aromatic heterocycles. The molecule has 0 radical (unpaired) electrons. The number of carbonyl (C=O) groups excluding carboxylic acids is 2. The number of likely N-dealkylation sites (tertiary alicyclic amines) is 1. The number of halogens is 1. The van der Waals surface area contributed by atoms with Crippen molar-refractivity contribution in [3.63, 3.8) is 0 Å². The summed E-state index contributed by atoms with van der Waals surface area (Å²) in [5.74, 6) is 0.518. The van der Waals surface area contributed by atoms with Crippen molar-refractivity contribution in [3.8, 4) is 0 Å². The maximum Gasteiger partial charge on any atom is 0.173 e. The highest BCUT2D eigenvalue weighted by Crippen LogP contribution is 2.51. The smallest absolute Gasteiger partial charge is 0.173 e. The molecular formula is C34H53FN6O3. The lowest BCUT2D eigenvalue weighted by atomic mass is 9.64. The molecule has 6 fully saturated rings. The molecule has 3 aliphatic carbocycles. The predicted molar refractivity (Wildman–Crippen MR) is 168 cm³/mol. The van der Waals surface area contributed by atoms with Crippen LogP contribution in [0.1, 0.15) is 77.0 Å². The minimum Gasteiger partial charge on any atom is -0.369 e. The SMILES string of the molecule is CN(C)C=NC1CCN(C2C(F)CC3C(=O)C(C(=O)CCCC4NCCC4N)=CN4C5CC6CCCCC6CC5OC2C34)C1. The fraction of sp³-hybridized carbons (Fsp3) is 0.853. The normalized spacial score (nSPS) is 43.9. The first kappa shape index (κ1) is 30.8. The van der Waals surface area contributed by atoms with Crippen LogP contribution in [0.2, 0.25) is 0 Å². The molecule has 7 aliphatic rings. The van der Waals surface area contributed by atoms with Crippen molar-refractivity contribution in [2.75, 3.05) is 33.7 Å². The molecule has 4 heterocycles. The summed E-state index contributed by atoms with van der Waals surface area (Å²) in [4.78, 5) is 39.0. The zero-order valence-electron chi connectivity index (χ0n) is 26.7. The van der Waals surface area contributed by atoms with Crippen LogP contribution in [-0.2, 0) is 14.3 Å². The third-order valence-corrected chi connectivity index (χ3v) is 12.2. The van der Waals surface area contributed by atoms with Gasteiger partial charge in [-0.25, -0.2) is 4.39 Å². The van der Waals surface area contributed by atoms with Gasteiger partial charge in [0.05, 0.1) is 48.3 Å². The molecule has 0 spiro atoms. The molecule has 3 N–H and O–H groups in total. The highest BCUT2D eigenvalue weighted by molar-refractivity contribution is 6.21. The standard InChI is InChI=1S/C34H53FN6O3/c1-39(2)19-38-22-11-13-40(17-22)32-25(35)16-23-31-34(32)44-30-15-21-7-4-3-6-20(21)14-28(30)41(31)18-24(33(23)43)29(42)9-5-8-27-26(36)10-12-37-27/h18-23,25-28,30-32,34,37H,3-17,36H2,1-2H3. The number of aliphatic imine (C=N–C) groups is 1. The number of alkyl halides is 1. The van der Waals surface area contributed by atoms with E-state index in [1.165, 1.54) is 25.7 Å². The molecule has 4 aliphatic heterocycles. The van der Waals surface area contributed by atoms with E-state index >= 15 is 4.39 Å². The number of Topliss-reactive ketones (excluding diaryl/α,β-unsaturated/α-hetero) is 2. The number of ether oxygens (including phenoxy) is 1. The summed E-state index contributed by atoms with van der Waals surface area (Å²) >= 11 is 0. The number of hydrogen-bond donors (Lipinski definition) is 2. The van der Waals surface area contributed by atoms with E-state index in [9.17, 15) is 9.59 Å². The number of fused-ring (bicyclic) bond motifs is 3. The number of nitrogens with zero attached hydrogens (tertiary/aromatic N) is 4. The quantitative estimate of drug-likeness (QED) is 0.245. The Balaban J connectivity index is 1.15. The Bertz CT molecular complexity index is 1150. The molecule has 0 aromatic carbocycles. The van der Waals surface area contributed by atoms with Crippen LogP contribution in [0.25, 0.3) is 0 Å². The lowest BCUT2D eigenvalue weighted by Gasteiger charge is -2.61. The van der Waals surface area contributed by atoms with Gasteiger partial charge in [-0.3, -0.25) is 19.5 Å². The summed E-state index contributed by atoms with van der Waals surface area (Å²) in [5, 5.41) is 3.44. The lowest BCUT2D eigenvalue weighted by molar-refractivity contribution is -0.219. The Morgan fingerprint density at radius 1 is 1.16 bits per heavy atom. The van der Waals surface area contributed by atoms with Gasteiger partial charge in [0, 0.05) is 57.8 Å². The minimum absolute atomic E-state index is 0.00458. The summed E-state index contributed by atoms with van der Waals surface area (Å²) < 4.78 is 23.5. The second-order valence-corrected chi connectivity index (χ2v) is 15.2. The molecular weight excluding hydrogens is 559 g/mol. The van der Waals surface area contributed by atoms with Crippen LogP contribution in [0.5, 0.6) is 0 Å². The largest absolute Gasteiger partial charge is 0.369 e. The maximum atomic E-state index is 16.4. The van der Waals surface area contributed by atoms with Crippen LogP contribution in [0.3, 0.4) is 0 Å². The Hall–Kier alpha value is -1.88. The number of rotatable bonds is 8. The average molecular weight is 613 g/mol. The minimum atomic E-state index is -1.18. The first-order valence-corrected chi connectivity index (χ1v) is 17.6. The Morgan fingerprint density at radius 3 is 2.70 bits per heavy atom. The van der Waals surface area contributed by atoms with Gasteiger partial charge in [-0.05, 0) is 63.3 Å². The van der Waals surface area contributed by atoms with Gasteiger partial charge in [0.2, 0.25) is 0 Å². The fourth-order valence-corrected chi connectivity index (χ4v) is 10.0. The van der Waals surface area contributed by atoms with E-state index in [1.807, 2.05) is 31.5 Å². The summed E-state index contributed by atoms with van der Waals surface area (Å²) in [7, 11) is 3.93. The van der Waals surface area contributed by atoms with Crippen LogP contribution in [-0.4, -0.2) is 121 Å². The van der Waals surface area contributed by atoms with Gasteiger partial charge in [-0.2, -0.15) is 0 Å². The highest BCUT2D eigenvalue weighted by atomic mass is 19.1. The monoisotopic (exact) mass is 612 g/mol. The van der Waals surface area contributed by atoms with E-state index in [0.29, 0.717) is 36.8 Å². The van der Waals surface area contributed by atoms with Crippen LogP contribution in [0, 0.1) is 17.8 Å². The fourth-order valence-electron chi connectivity index (χ4n) is 10.0. The van der Waals surface area contributed by atoms with Crippen LogP contribution >= 0.6 is 0 Å². The zero-order chi connectivity index (χ0) is 30.5. The van der Waals surface area contributed by atoms with Gasteiger partial charge in [-0.15, -0.1) is 0 Å². The molecule has 3 saturated heterocycles. The maximum absolute atomic E-state index is 16.4. The third-order valence-electron chi connectivity index (χ3n) is 12.2. The summed E-state index contributed by atoms with van der Waals surface area (Å²) in [6.45, 7) is 2.41. The Morgan fingerprint density at radius 2 is 1.95 bits per heavy atom. The van der Waals surface area contributed by atoms with E-state index in [0.717, 1.165) is 45.2 Å². The average Bonchev–Trinajstić information content (AvgIpc) is 3.65. The topological polar surface area (TPSA) is 103 Å². The zero-order valence-corrected chi connectivity index (χ0v) is 26.7. The summed E-state index contributed by atoms with van der Waals surface area (Å²) in [5.41, 5.74) is 6.52. The van der Waals surface area contributed by atoms with Crippen LogP contribution in [0.4, 0.5) is 4.39 Å². The first-order chi connectivity index (χ1) is 21.3. The molecule has 0 bridgehead atoms. The molecule has 44 heavy (non-hydrogen) atoms. The van der Waals surface area contributed by atoms with Gasteiger partial charge in [0.25, 0.3) is 0 Å². The van der Waals surface area contributed by atoms with Crippen molar-refractivity contribution in [1.82, 2.24) is 20.0 Å². The number of nitrogens with one attached hydrogen (secondary N) is 1. The number of nitrogens with two attached hydrogens (primary N) is 1. The Labute approximate surface area is 262 Å². The van der Waals surface area contributed by atoms with Crippen molar-refractivity contribution >= 4 is 17.9 Å². The highest BCUT2D eigenvalue weighted by Gasteiger charge is 2.60. The summed E-state index contributed by atoms with van der Waals surface area (Å²) in [6, 6.07) is 0.0188. The van der Waals surface area contributed by atoms with Gasteiger partial charge in [0.1, 0.15) is 6.17 Å². The number of morpholine rings is 1. The molecule has 10 heteroatoms. The molecule has 9 nitrogen and oxygen atoms in total. The van der Waals surface area contributed by atoms with Crippen molar-refractivity contribution in [1.29, 1.82) is 0 Å². The van der Waals surface area contributed by atoms with Crippen LogP contribution in [0.15, 0.2) is 16.8 Å². The molecule has 0 amide bonds. The lowest BCUT2D eigenvalue weighted by Crippen LogP contribution is -2.73. The predicted octanol–water partition coefficient (Wildman–Crippen LogP) is 2.68. The number of carbonyl (C=O) groups is 2. The number of hydrogen-bond acceptors (Lipinski definition) is 8. The van der Waals surface area contributed by atoms with E-state index < -0.39 is 24.2 Å². The van der Waals surface area contributed by atoms with Gasteiger partial charge in [-0.1, -0.05) is 25.7 Å². The molecule has 12 atom stereocenters. The van der Waals surface area contributed by atoms with Crippen molar-refractivity contribution < 1.29 is 18.7 Å². The molecule has 3 saturated carbocycles. The third kappa shape index (κ3) is 5.77. The second-order valence-electron chi connectivity index (χ2n) is 15.2. The molecule has 0 aromatic rings. The van der Waals surface area contributed by atoms with Crippen molar-refractivity contribution in [2.45, 2.75) is 132 Å². The Kier molecular flexibility index (Phi) is 8.90. The van der Waals surface area contributed by atoms with Gasteiger partial charge in [0.15, 0.2) is 11.6 Å². The van der Waals surface area contributed by atoms with Crippen molar-refractivity contribution in [3.05, 3.63) is 11.8 Å². The number of allylic oxidation sites excluding steroid dienone is 1. The van der Waals surface area contributed by atoms with Crippen molar-refractivity contribution in [2.24, 2.45) is 28.5 Å². The number of ketones is 2. The second kappa shape index (κ2) is 12.7. The molecule has 244 valence electrons. The first-order valence-electron chi connectivity index (χ1n) is 17.6. The van der Waals surface area contributed by atoms with E-state index in [2.05, 4.69) is 15.1 Å². The van der Waals surface area contributed by atoms with E-state index in [-0.39, 0.29) is 54.3 Å². The molecule has 7 rings (SSSR count). The van der Waals surface area contributed by atoms with Crippen LogP contribution < -0.4 is 11.1 Å². The van der Waals surface area contributed by atoms with E-state index in [4.69, 9.17) is 15.5 Å². The van der Waals surface area contributed by atoms with E-state index in [1.54, 1.807) is 0 Å². The summed E-state index contributed by atoms with van der Waals surface area (Å²) in [6.07, 6.45) is 13.2.